The molecule has 178 valence electrons. The largest absolute Gasteiger partial charge is 0.508 e. The Balaban J connectivity index is 1.32. The quantitative estimate of drug-likeness (QED) is 0.442. The van der Waals surface area contributed by atoms with Crippen LogP contribution in [0.5, 0.6) is 23.0 Å². The van der Waals surface area contributed by atoms with E-state index >= 15 is 0 Å². The number of phenolic OH excluding ortho intramolecular Hbond substituents is 2. The van der Waals surface area contributed by atoms with Crippen LogP contribution in [0.15, 0.2) is 71.6 Å². The van der Waals surface area contributed by atoms with E-state index in [2.05, 4.69) is 30.9 Å². The standard InChI is InChI=1S/C28H31NO4S/c1-18-13-14-29(19(18)2)15-16-32-24-10-5-20(6-11-24)27-28(21-3-7-22(30)8-4-21)34-26-17-23(31)9-12-25(26)33-27/h3-12,17-19,27-28,30-31H,13-16H2,1-2H3/t18-,19+,27-,28+/m0/s1. The summed E-state index contributed by atoms with van der Waals surface area (Å²) in [5.41, 5.74) is 2.11. The lowest BCUT2D eigenvalue weighted by Crippen LogP contribution is -2.33. The summed E-state index contributed by atoms with van der Waals surface area (Å²) in [6.07, 6.45) is 1.05. The lowest BCUT2D eigenvalue weighted by atomic mass is 10.00. The van der Waals surface area contributed by atoms with Crippen molar-refractivity contribution in [3.05, 3.63) is 77.9 Å². The summed E-state index contributed by atoms with van der Waals surface area (Å²) < 4.78 is 12.5. The van der Waals surface area contributed by atoms with E-state index in [-0.39, 0.29) is 22.9 Å². The van der Waals surface area contributed by atoms with Crippen LogP contribution in [0.2, 0.25) is 0 Å². The van der Waals surface area contributed by atoms with Crippen molar-refractivity contribution in [2.75, 3.05) is 19.7 Å². The first-order chi connectivity index (χ1) is 16.5. The van der Waals surface area contributed by atoms with Gasteiger partial charge in [-0.3, -0.25) is 4.90 Å². The fourth-order valence-corrected chi connectivity index (χ4v) is 6.08. The van der Waals surface area contributed by atoms with Crippen LogP contribution in [0.4, 0.5) is 0 Å². The van der Waals surface area contributed by atoms with E-state index in [4.69, 9.17) is 9.47 Å². The Bertz CT molecular complexity index is 1120. The van der Waals surface area contributed by atoms with Gasteiger partial charge in [0.1, 0.15) is 35.7 Å². The van der Waals surface area contributed by atoms with Gasteiger partial charge in [0.15, 0.2) is 0 Å². The van der Waals surface area contributed by atoms with Gasteiger partial charge in [0.2, 0.25) is 0 Å². The normalized spacial score (nSPS) is 24.4. The van der Waals surface area contributed by atoms with Crippen molar-refractivity contribution in [2.24, 2.45) is 5.92 Å². The van der Waals surface area contributed by atoms with Crippen molar-refractivity contribution in [1.29, 1.82) is 0 Å². The van der Waals surface area contributed by atoms with Crippen molar-refractivity contribution in [2.45, 2.75) is 42.6 Å². The Morgan fingerprint density at radius 3 is 2.35 bits per heavy atom. The molecule has 0 unspecified atom stereocenters. The third-order valence-electron chi connectivity index (χ3n) is 7.06. The van der Waals surface area contributed by atoms with Gasteiger partial charge in [-0.05, 0) is 79.4 Å². The number of rotatable bonds is 6. The minimum absolute atomic E-state index is 0.0275. The molecule has 0 bridgehead atoms. The summed E-state index contributed by atoms with van der Waals surface area (Å²) in [6, 6.07) is 21.2. The lowest BCUT2D eigenvalue weighted by Gasteiger charge is -2.34. The molecule has 1 fully saturated rings. The molecule has 5 nitrogen and oxygen atoms in total. The highest BCUT2D eigenvalue weighted by Crippen LogP contribution is 2.54. The molecule has 2 heterocycles. The zero-order chi connectivity index (χ0) is 23.7. The van der Waals surface area contributed by atoms with Gasteiger partial charge in [0.25, 0.3) is 0 Å². The maximum atomic E-state index is 9.94. The van der Waals surface area contributed by atoms with E-state index in [0.29, 0.717) is 12.6 Å². The lowest BCUT2D eigenvalue weighted by molar-refractivity contribution is 0.189. The zero-order valence-corrected chi connectivity index (χ0v) is 20.4. The Morgan fingerprint density at radius 2 is 1.65 bits per heavy atom. The van der Waals surface area contributed by atoms with Crippen LogP contribution in [-0.2, 0) is 0 Å². The maximum absolute atomic E-state index is 9.94. The molecular weight excluding hydrogens is 446 g/mol. The van der Waals surface area contributed by atoms with Crippen molar-refractivity contribution in [3.8, 4) is 23.0 Å². The van der Waals surface area contributed by atoms with E-state index in [1.54, 1.807) is 36.0 Å². The van der Waals surface area contributed by atoms with Gasteiger partial charge < -0.3 is 19.7 Å². The number of benzene rings is 3. The van der Waals surface area contributed by atoms with Crippen LogP contribution in [-0.4, -0.2) is 40.9 Å². The minimum Gasteiger partial charge on any atom is -0.508 e. The van der Waals surface area contributed by atoms with Gasteiger partial charge in [-0.1, -0.05) is 31.2 Å². The number of likely N-dealkylation sites (tertiary alicyclic amines) is 1. The van der Waals surface area contributed by atoms with Crippen molar-refractivity contribution in [3.63, 3.8) is 0 Å². The Kier molecular flexibility index (Phi) is 6.61. The number of hydrogen-bond donors (Lipinski definition) is 2. The van der Waals surface area contributed by atoms with Gasteiger partial charge in [-0.15, -0.1) is 11.8 Å². The molecule has 0 aromatic heterocycles. The molecule has 2 aliphatic heterocycles. The van der Waals surface area contributed by atoms with Gasteiger partial charge in [0.05, 0.1) is 10.1 Å². The molecule has 6 heteroatoms. The molecule has 4 atom stereocenters. The van der Waals surface area contributed by atoms with Gasteiger partial charge in [-0.25, -0.2) is 0 Å². The molecule has 2 aliphatic rings. The third kappa shape index (κ3) is 4.84. The fourth-order valence-electron chi connectivity index (χ4n) is 4.76. The predicted molar refractivity (Wildman–Crippen MR) is 135 cm³/mol. The van der Waals surface area contributed by atoms with Crippen LogP contribution in [0.3, 0.4) is 0 Å². The molecular formula is C28H31NO4S. The van der Waals surface area contributed by atoms with Crippen LogP contribution >= 0.6 is 11.8 Å². The summed E-state index contributed by atoms with van der Waals surface area (Å²) in [4.78, 5) is 3.41. The van der Waals surface area contributed by atoms with Gasteiger partial charge in [-0.2, -0.15) is 0 Å². The van der Waals surface area contributed by atoms with Crippen LogP contribution in [0.1, 0.15) is 42.7 Å². The molecule has 3 aromatic carbocycles. The number of thioether (sulfide) groups is 1. The number of ether oxygens (including phenoxy) is 2. The molecule has 0 aliphatic carbocycles. The summed E-state index contributed by atoms with van der Waals surface area (Å²) >= 11 is 1.66. The summed E-state index contributed by atoms with van der Waals surface area (Å²) in [7, 11) is 0. The fraction of sp³-hybridized carbons (Fsp3) is 0.357. The van der Waals surface area contributed by atoms with Crippen molar-refractivity contribution >= 4 is 11.8 Å². The molecule has 0 radical (unpaired) electrons. The number of phenols is 2. The van der Waals surface area contributed by atoms with E-state index in [0.717, 1.165) is 46.5 Å². The Morgan fingerprint density at radius 1 is 0.941 bits per heavy atom. The SMILES string of the molecule is C[C@@H]1[C@@H](C)CCN1CCOc1ccc([C@@H]2Oc3ccc(O)cc3S[C@@H]2c2ccc(O)cc2)cc1. The monoisotopic (exact) mass is 477 g/mol. The second-order valence-corrected chi connectivity index (χ2v) is 10.4. The number of fused-ring (bicyclic) bond motifs is 1. The summed E-state index contributed by atoms with van der Waals surface area (Å²) in [5, 5.41) is 19.7. The van der Waals surface area contributed by atoms with Gasteiger partial charge >= 0.3 is 0 Å². The summed E-state index contributed by atoms with van der Waals surface area (Å²) in [5.74, 6) is 2.83. The molecule has 0 spiro atoms. The van der Waals surface area contributed by atoms with E-state index < -0.39 is 0 Å². The second kappa shape index (κ2) is 9.80. The average molecular weight is 478 g/mol. The molecule has 0 amide bonds. The number of hydrogen-bond acceptors (Lipinski definition) is 6. The van der Waals surface area contributed by atoms with E-state index in [1.807, 2.05) is 30.3 Å². The summed E-state index contributed by atoms with van der Waals surface area (Å²) in [6.45, 7) is 7.40. The Labute approximate surface area is 205 Å². The second-order valence-electron chi connectivity index (χ2n) is 9.26. The molecule has 3 aromatic rings. The number of nitrogens with zero attached hydrogens (tertiary/aromatic N) is 1. The highest BCUT2D eigenvalue weighted by Gasteiger charge is 2.34. The first kappa shape index (κ1) is 22.9. The Hall–Kier alpha value is -2.83. The van der Waals surface area contributed by atoms with Crippen molar-refractivity contribution < 1.29 is 19.7 Å². The highest BCUT2D eigenvalue weighted by atomic mass is 32.2. The van der Waals surface area contributed by atoms with Crippen LogP contribution in [0, 0.1) is 5.92 Å². The predicted octanol–water partition coefficient (Wildman–Crippen LogP) is 6.17. The molecule has 34 heavy (non-hydrogen) atoms. The number of aromatic hydroxyl groups is 2. The smallest absolute Gasteiger partial charge is 0.140 e. The van der Waals surface area contributed by atoms with Gasteiger partial charge in [0, 0.05) is 12.6 Å². The van der Waals surface area contributed by atoms with E-state index in [9.17, 15) is 10.2 Å². The minimum atomic E-state index is -0.215. The van der Waals surface area contributed by atoms with Crippen LogP contribution < -0.4 is 9.47 Å². The van der Waals surface area contributed by atoms with Crippen LogP contribution in [0.25, 0.3) is 0 Å². The average Bonchev–Trinajstić information content (AvgIpc) is 3.16. The molecule has 5 rings (SSSR count). The third-order valence-corrected chi connectivity index (χ3v) is 8.41. The molecule has 1 saturated heterocycles. The molecule has 2 N–H and O–H groups in total. The first-order valence-electron chi connectivity index (χ1n) is 11.9. The highest BCUT2D eigenvalue weighted by molar-refractivity contribution is 7.99. The first-order valence-corrected chi connectivity index (χ1v) is 12.8. The van der Waals surface area contributed by atoms with Crippen molar-refractivity contribution in [1.82, 2.24) is 4.90 Å². The zero-order valence-electron chi connectivity index (χ0n) is 19.6. The topological polar surface area (TPSA) is 62.2 Å². The van der Waals surface area contributed by atoms with E-state index in [1.165, 1.54) is 6.42 Å². The molecule has 0 saturated carbocycles. The maximum Gasteiger partial charge on any atom is 0.140 e.